The minimum absolute atomic E-state index is 0.315. The zero-order valence-electron chi connectivity index (χ0n) is 12.6. The van der Waals surface area contributed by atoms with Crippen LogP contribution in [0.3, 0.4) is 0 Å². The Morgan fingerprint density at radius 2 is 1.48 bits per heavy atom. The van der Waals surface area contributed by atoms with Gasteiger partial charge in [0.2, 0.25) is 0 Å². The van der Waals surface area contributed by atoms with Gasteiger partial charge in [-0.05, 0) is 54.8 Å². The van der Waals surface area contributed by atoms with Gasteiger partial charge in [0.1, 0.15) is 11.5 Å². The van der Waals surface area contributed by atoms with E-state index in [0.29, 0.717) is 23.8 Å². The van der Waals surface area contributed by atoms with Gasteiger partial charge in [-0.3, -0.25) is 0 Å². The maximum absolute atomic E-state index is 11.6. The van der Waals surface area contributed by atoms with Crippen LogP contribution in [0.5, 0.6) is 11.5 Å². The predicted molar refractivity (Wildman–Crippen MR) is 83.0 cm³/mol. The summed E-state index contributed by atoms with van der Waals surface area (Å²) in [6.07, 6.45) is 0. The van der Waals surface area contributed by atoms with Crippen molar-refractivity contribution in [3.63, 3.8) is 0 Å². The maximum Gasteiger partial charge on any atom is 0.338 e. The van der Waals surface area contributed by atoms with Gasteiger partial charge in [-0.1, -0.05) is 26.0 Å². The van der Waals surface area contributed by atoms with Crippen LogP contribution >= 0.6 is 0 Å². The molecular formula is C18H20O3. The fourth-order valence-electron chi connectivity index (χ4n) is 1.93. The van der Waals surface area contributed by atoms with E-state index < -0.39 is 0 Å². The van der Waals surface area contributed by atoms with Crippen LogP contribution in [0.1, 0.15) is 42.6 Å². The fraction of sp³-hybridized carbons (Fsp3) is 0.278. The lowest BCUT2D eigenvalue weighted by Gasteiger charge is -2.09. The van der Waals surface area contributed by atoms with E-state index in [9.17, 15) is 4.79 Å². The van der Waals surface area contributed by atoms with Crippen molar-refractivity contribution in [1.29, 1.82) is 0 Å². The molecule has 0 bridgehead atoms. The normalized spacial score (nSPS) is 10.5. The minimum atomic E-state index is -0.315. The number of hydrogen-bond donors (Lipinski definition) is 0. The van der Waals surface area contributed by atoms with Crippen LogP contribution in [0, 0.1) is 0 Å². The molecule has 0 heterocycles. The van der Waals surface area contributed by atoms with Crippen LogP contribution in [0.2, 0.25) is 0 Å². The monoisotopic (exact) mass is 284 g/mol. The molecule has 0 spiro atoms. The molecule has 0 unspecified atom stereocenters. The molecule has 0 fully saturated rings. The summed E-state index contributed by atoms with van der Waals surface area (Å²) in [5.74, 6) is 1.66. The molecule has 0 aliphatic rings. The van der Waals surface area contributed by atoms with Crippen LogP contribution < -0.4 is 4.74 Å². The third-order valence-electron chi connectivity index (χ3n) is 3.15. The van der Waals surface area contributed by atoms with Gasteiger partial charge in [-0.25, -0.2) is 4.79 Å². The molecule has 2 rings (SSSR count). The van der Waals surface area contributed by atoms with Crippen LogP contribution in [-0.4, -0.2) is 12.6 Å². The molecule has 0 amide bonds. The molecule has 0 aliphatic heterocycles. The second kappa shape index (κ2) is 6.93. The number of carbonyl (C=O) groups is 1. The molecule has 2 aromatic carbocycles. The van der Waals surface area contributed by atoms with Crippen LogP contribution in [0.15, 0.2) is 48.5 Å². The first-order chi connectivity index (χ1) is 10.1. The molecule has 0 saturated heterocycles. The van der Waals surface area contributed by atoms with Crippen molar-refractivity contribution in [3.8, 4) is 11.5 Å². The predicted octanol–water partition coefficient (Wildman–Crippen LogP) is 4.78. The Morgan fingerprint density at radius 1 is 0.952 bits per heavy atom. The van der Waals surface area contributed by atoms with Gasteiger partial charge in [0.05, 0.1) is 12.2 Å². The first kappa shape index (κ1) is 15.1. The fourth-order valence-corrected chi connectivity index (χ4v) is 1.93. The topological polar surface area (TPSA) is 35.5 Å². The Labute approximate surface area is 125 Å². The molecule has 0 radical (unpaired) electrons. The summed E-state index contributed by atoms with van der Waals surface area (Å²) in [7, 11) is 0. The Balaban J connectivity index is 2.04. The van der Waals surface area contributed by atoms with Crippen molar-refractivity contribution in [1.82, 2.24) is 0 Å². The highest BCUT2D eigenvalue weighted by Crippen LogP contribution is 2.24. The quantitative estimate of drug-likeness (QED) is 0.741. The maximum atomic E-state index is 11.6. The smallest absolute Gasteiger partial charge is 0.338 e. The van der Waals surface area contributed by atoms with E-state index in [0.717, 1.165) is 5.75 Å². The number of benzene rings is 2. The van der Waals surface area contributed by atoms with Crippen LogP contribution in [0.25, 0.3) is 0 Å². The SMILES string of the molecule is CCOC(=O)c1ccc(Oc2ccc(C(C)C)cc2)cc1. The van der Waals surface area contributed by atoms with Gasteiger partial charge in [-0.15, -0.1) is 0 Å². The minimum Gasteiger partial charge on any atom is -0.462 e. The average Bonchev–Trinajstić information content (AvgIpc) is 2.49. The van der Waals surface area contributed by atoms with Gasteiger partial charge in [0, 0.05) is 0 Å². The van der Waals surface area contributed by atoms with E-state index >= 15 is 0 Å². The summed E-state index contributed by atoms with van der Waals surface area (Å²) in [6, 6.07) is 15.0. The number of rotatable bonds is 5. The van der Waals surface area contributed by atoms with Gasteiger partial charge < -0.3 is 9.47 Å². The van der Waals surface area contributed by atoms with E-state index in [-0.39, 0.29) is 5.97 Å². The standard InChI is InChI=1S/C18H20O3/c1-4-20-18(19)15-7-11-17(12-8-15)21-16-9-5-14(6-10-16)13(2)3/h5-13H,4H2,1-3H3. The van der Waals surface area contributed by atoms with Crippen molar-refractivity contribution < 1.29 is 14.3 Å². The molecule has 110 valence electrons. The summed E-state index contributed by atoms with van der Waals surface area (Å²) in [4.78, 5) is 11.6. The highest BCUT2D eigenvalue weighted by atomic mass is 16.5. The zero-order valence-corrected chi connectivity index (χ0v) is 12.6. The lowest BCUT2D eigenvalue weighted by Crippen LogP contribution is -2.03. The third kappa shape index (κ3) is 4.09. The second-order valence-corrected chi connectivity index (χ2v) is 5.07. The highest BCUT2D eigenvalue weighted by molar-refractivity contribution is 5.89. The molecule has 0 aromatic heterocycles. The van der Waals surface area contributed by atoms with Crippen LogP contribution in [0.4, 0.5) is 0 Å². The molecule has 3 nitrogen and oxygen atoms in total. The van der Waals surface area contributed by atoms with E-state index in [1.54, 1.807) is 31.2 Å². The number of ether oxygens (including phenoxy) is 2. The Kier molecular flexibility index (Phi) is 4.99. The Morgan fingerprint density at radius 3 is 1.95 bits per heavy atom. The lowest BCUT2D eigenvalue weighted by molar-refractivity contribution is 0.0526. The summed E-state index contributed by atoms with van der Waals surface area (Å²) in [5.41, 5.74) is 1.80. The number of hydrogen-bond acceptors (Lipinski definition) is 3. The van der Waals surface area contributed by atoms with E-state index in [2.05, 4.69) is 26.0 Å². The van der Waals surface area contributed by atoms with Gasteiger partial charge in [0.15, 0.2) is 0 Å². The number of esters is 1. The first-order valence-corrected chi connectivity index (χ1v) is 7.15. The summed E-state index contributed by atoms with van der Waals surface area (Å²) in [6.45, 7) is 6.48. The molecule has 21 heavy (non-hydrogen) atoms. The molecule has 0 N–H and O–H groups in total. The van der Waals surface area contributed by atoms with Gasteiger partial charge in [0.25, 0.3) is 0 Å². The molecule has 2 aromatic rings. The molecule has 0 saturated carbocycles. The average molecular weight is 284 g/mol. The second-order valence-electron chi connectivity index (χ2n) is 5.07. The number of carbonyl (C=O) groups excluding carboxylic acids is 1. The van der Waals surface area contributed by atoms with Gasteiger partial charge >= 0.3 is 5.97 Å². The van der Waals surface area contributed by atoms with E-state index in [1.807, 2.05) is 12.1 Å². The summed E-state index contributed by atoms with van der Waals surface area (Å²) in [5, 5.41) is 0. The first-order valence-electron chi connectivity index (χ1n) is 7.15. The van der Waals surface area contributed by atoms with E-state index in [1.165, 1.54) is 5.56 Å². The Bertz CT molecular complexity index is 583. The van der Waals surface area contributed by atoms with Crippen molar-refractivity contribution in [3.05, 3.63) is 59.7 Å². The molecular weight excluding hydrogens is 264 g/mol. The van der Waals surface area contributed by atoms with Crippen LogP contribution in [-0.2, 0) is 4.74 Å². The molecule has 0 aliphatic carbocycles. The highest BCUT2D eigenvalue weighted by Gasteiger charge is 2.06. The van der Waals surface area contributed by atoms with Gasteiger partial charge in [-0.2, -0.15) is 0 Å². The molecule has 3 heteroatoms. The van der Waals surface area contributed by atoms with E-state index in [4.69, 9.17) is 9.47 Å². The third-order valence-corrected chi connectivity index (χ3v) is 3.15. The Hall–Kier alpha value is -2.29. The van der Waals surface area contributed by atoms with Crippen molar-refractivity contribution >= 4 is 5.97 Å². The largest absolute Gasteiger partial charge is 0.462 e. The van der Waals surface area contributed by atoms with Crippen molar-refractivity contribution in [2.75, 3.05) is 6.61 Å². The van der Waals surface area contributed by atoms with Crippen molar-refractivity contribution in [2.45, 2.75) is 26.7 Å². The summed E-state index contributed by atoms with van der Waals surface area (Å²) >= 11 is 0. The zero-order chi connectivity index (χ0) is 15.2. The molecule has 0 atom stereocenters. The lowest BCUT2D eigenvalue weighted by atomic mass is 10.0. The van der Waals surface area contributed by atoms with Crippen molar-refractivity contribution in [2.24, 2.45) is 0 Å². The summed E-state index contributed by atoms with van der Waals surface area (Å²) < 4.78 is 10.7.